The molecule has 3 aliphatic rings. The van der Waals surface area contributed by atoms with Gasteiger partial charge < -0.3 is 0 Å². The lowest BCUT2D eigenvalue weighted by atomic mass is 9.73. The summed E-state index contributed by atoms with van der Waals surface area (Å²) in [6.45, 7) is 0. The van der Waals surface area contributed by atoms with Crippen LogP contribution in [0.1, 0.15) is 51.4 Å². The van der Waals surface area contributed by atoms with Crippen LogP contribution in [0.2, 0.25) is 0 Å². The van der Waals surface area contributed by atoms with Crippen molar-refractivity contribution >= 4 is 33.5 Å². The SMILES string of the molecule is c1ccc2sc(SN3C4CCCCC4C4CCCCC43)nc2c1. The Kier molecular flexibility index (Phi) is 3.88. The number of aromatic nitrogens is 1. The van der Waals surface area contributed by atoms with Gasteiger partial charge in [-0.25, -0.2) is 9.29 Å². The van der Waals surface area contributed by atoms with Crippen LogP contribution < -0.4 is 0 Å². The first-order chi connectivity index (χ1) is 11.4. The van der Waals surface area contributed by atoms with Crippen LogP contribution in [0.25, 0.3) is 10.2 Å². The summed E-state index contributed by atoms with van der Waals surface area (Å²) in [5.41, 5.74) is 1.17. The van der Waals surface area contributed by atoms with E-state index < -0.39 is 0 Å². The largest absolute Gasteiger partial charge is 0.238 e. The Labute approximate surface area is 146 Å². The van der Waals surface area contributed by atoms with Crippen molar-refractivity contribution in [3.63, 3.8) is 0 Å². The van der Waals surface area contributed by atoms with Crippen LogP contribution in [-0.2, 0) is 0 Å². The third-order valence-electron chi connectivity index (χ3n) is 6.22. The summed E-state index contributed by atoms with van der Waals surface area (Å²) in [5, 5.41) is 0. The normalized spacial score (nSPS) is 34.4. The molecule has 3 fully saturated rings. The first-order valence-corrected chi connectivity index (χ1v) is 10.8. The minimum absolute atomic E-state index is 0.814. The van der Waals surface area contributed by atoms with Gasteiger partial charge in [-0.05, 0) is 61.6 Å². The molecule has 2 heterocycles. The lowest BCUT2D eigenvalue weighted by molar-refractivity contribution is 0.231. The summed E-state index contributed by atoms with van der Waals surface area (Å²) in [7, 11) is 0. The summed E-state index contributed by atoms with van der Waals surface area (Å²) in [5.74, 6) is 1.94. The maximum Gasteiger partial charge on any atom is 0.166 e. The Balaban J connectivity index is 1.45. The maximum atomic E-state index is 4.89. The fourth-order valence-electron chi connectivity index (χ4n) is 5.27. The number of benzene rings is 1. The molecule has 0 amide bonds. The number of rotatable bonds is 2. The Morgan fingerprint density at radius 1 is 0.913 bits per heavy atom. The molecular formula is C19H24N2S2. The highest BCUT2D eigenvalue weighted by Crippen LogP contribution is 2.53. The number of fused-ring (bicyclic) bond motifs is 4. The Bertz CT molecular complexity index is 642. The van der Waals surface area contributed by atoms with Crippen LogP contribution in [-0.4, -0.2) is 21.4 Å². The third kappa shape index (κ3) is 2.54. The molecule has 122 valence electrons. The molecule has 0 radical (unpaired) electrons. The Hall–Kier alpha value is -0.580. The Morgan fingerprint density at radius 2 is 1.57 bits per heavy atom. The molecule has 4 atom stereocenters. The van der Waals surface area contributed by atoms with Gasteiger partial charge in [-0.2, -0.15) is 0 Å². The van der Waals surface area contributed by atoms with Gasteiger partial charge in [0.15, 0.2) is 4.34 Å². The highest BCUT2D eigenvalue weighted by molar-refractivity contribution is 7.99. The molecule has 2 aromatic rings. The molecule has 1 aliphatic heterocycles. The van der Waals surface area contributed by atoms with Crippen molar-refractivity contribution in [1.82, 2.24) is 9.29 Å². The lowest BCUT2D eigenvalue weighted by Gasteiger charge is -2.32. The van der Waals surface area contributed by atoms with Gasteiger partial charge in [0.25, 0.3) is 0 Å². The number of hydrogen-bond acceptors (Lipinski definition) is 4. The van der Waals surface area contributed by atoms with Gasteiger partial charge in [-0.1, -0.05) is 37.8 Å². The highest BCUT2D eigenvalue weighted by atomic mass is 32.2. The summed E-state index contributed by atoms with van der Waals surface area (Å²) < 4.78 is 5.39. The van der Waals surface area contributed by atoms with Gasteiger partial charge in [0.1, 0.15) is 0 Å². The fraction of sp³-hybridized carbons (Fsp3) is 0.632. The molecular weight excluding hydrogens is 320 g/mol. The van der Waals surface area contributed by atoms with Gasteiger partial charge in [0.2, 0.25) is 0 Å². The van der Waals surface area contributed by atoms with Crippen molar-refractivity contribution in [1.29, 1.82) is 0 Å². The molecule has 4 heteroatoms. The van der Waals surface area contributed by atoms with Gasteiger partial charge in [0, 0.05) is 12.1 Å². The van der Waals surface area contributed by atoms with Crippen molar-refractivity contribution in [2.75, 3.05) is 0 Å². The molecule has 0 N–H and O–H groups in total. The van der Waals surface area contributed by atoms with E-state index in [0.717, 1.165) is 23.9 Å². The van der Waals surface area contributed by atoms with Crippen LogP contribution in [0.5, 0.6) is 0 Å². The summed E-state index contributed by atoms with van der Waals surface area (Å²) >= 11 is 3.86. The molecule has 1 aromatic heterocycles. The molecule has 0 spiro atoms. The standard InChI is InChI=1S/C19H24N2S2/c1-4-10-16-13(7-1)14-8-2-5-11-17(14)21(16)23-19-20-15-9-3-6-12-18(15)22-19/h3,6,9,12-14,16-17H,1-2,4-5,7-8,10-11H2. The minimum atomic E-state index is 0.814. The Morgan fingerprint density at radius 3 is 2.26 bits per heavy atom. The van der Waals surface area contributed by atoms with E-state index in [1.54, 1.807) is 0 Å². The predicted octanol–water partition coefficient (Wildman–Crippen LogP) is 5.74. The van der Waals surface area contributed by atoms with E-state index in [1.165, 1.54) is 65.9 Å². The molecule has 2 nitrogen and oxygen atoms in total. The molecule has 1 saturated heterocycles. The van der Waals surface area contributed by atoms with E-state index in [1.807, 2.05) is 23.3 Å². The van der Waals surface area contributed by atoms with Crippen molar-refractivity contribution < 1.29 is 0 Å². The van der Waals surface area contributed by atoms with Crippen molar-refractivity contribution in [3.8, 4) is 0 Å². The van der Waals surface area contributed by atoms with E-state index in [4.69, 9.17) is 4.98 Å². The molecule has 4 unspecified atom stereocenters. The average molecular weight is 345 g/mol. The first-order valence-electron chi connectivity index (χ1n) is 9.22. The second-order valence-electron chi connectivity index (χ2n) is 7.43. The second-order valence-corrected chi connectivity index (χ2v) is 9.71. The van der Waals surface area contributed by atoms with Gasteiger partial charge in [-0.15, -0.1) is 11.3 Å². The van der Waals surface area contributed by atoms with E-state index in [0.29, 0.717) is 0 Å². The monoisotopic (exact) mass is 344 g/mol. The molecule has 2 aliphatic carbocycles. The summed E-state index contributed by atoms with van der Waals surface area (Å²) in [6, 6.07) is 10.2. The predicted molar refractivity (Wildman–Crippen MR) is 98.8 cm³/mol. The topological polar surface area (TPSA) is 16.1 Å². The molecule has 0 bridgehead atoms. The van der Waals surface area contributed by atoms with Crippen LogP contribution in [0.3, 0.4) is 0 Å². The van der Waals surface area contributed by atoms with Crippen molar-refractivity contribution in [2.24, 2.45) is 11.8 Å². The summed E-state index contributed by atoms with van der Waals surface area (Å²) in [4.78, 5) is 4.89. The van der Waals surface area contributed by atoms with Crippen LogP contribution in [0.15, 0.2) is 28.6 Å². The van der Waals surface area contributed by atoms with Crippen molar-refractivity contribution in [3.05, 3.63) is 24.3 Å². The van der Waals surface area contributed by atoms with E-state index in [-0.39, 0.29) is 0 Å². The van der Waals surface area contributed by atoms with Gasteiger partial charge >= 0.3 is 0 Å². The zero-order chi connectivity index (χ0) is 15.2. The van der Waals surface area contributed by atoms with Gasteiger partial charge in [-0.3, -0.25) is 0 Å². The number of nitrogens with zero attached hydrogens (tertiary/aromatic N) is 2. The molecule has 23 heavy (non-hydrogen) atoms. The summed E-state index contributed by atoms with van der Waals surface area (Å²) in [6.07, 6.45) is 11.6. The second kappa shape index (κ2) is 6.05. The third-order valence-corrected chi connectivity index (χ3v) is 8.53. The number of hydrogen-bond donors (Lipinski definition) is 0. The van der Waals surface area contributed by atoms with Crippen LogP contribution >= 0.6 is 23.3 Å². The first kappa shape index (κ1) is 14.7. The van der Waals surface area contributed by atoms with E-state index in [9.17, 15) is 0 Å². The average Bonchev–Trinajstić information content (AvgIpc) is 3.15. The number of para-hydroxylation sites is 1. The quantitative estimate of drug-likeness (QED) is 0.647. The number of thiazole rings is 1. The maximum absolute atomic E-state index is 4.89. The highest BCUT2D eigenvalue weighted by Gasteiger charge is 2.50. The van der Waals surface area contributed by atoms with Crippen LogP contribution in [0.4, 0.5) is 0 Å². The molecule has 2 saturated carbocycles. The van der Waals surface area contributed by atoms with E-state index in [2.05, 4.69) is 28.6 Å². The van der Waals surface area contributed by atoms with E-state index >= 15 is 0 Å². The van der Waals surface area contributed by atoms with Crippen LogP contribution in [0, 0.1) is 11.8 Å². The van der Waals surface area contributed by atoms with Crippen molar-refractivity contribution in [2.45, 2.75) is 67.8 Å². The smallest absolute Gasteiger partial charge is 0.166 e. The molecule has 5 rings (SSSR count). The lowest BCUT2D eigenvalue weighted by Crippen LogP contribution is -2.34. The fourth-order valence-corrected chi connectivity index (χ4v) is 7.76. The minimum Gasteiger partial charge on any atom is -0.238 e. The zero-order valence-corrected chi connectivity index (χ0v) is 15.1. The molecule has 1 aromatic carbocycles. The van der Waals surface area contributed by atoms with Gasteiger partial charge in [0.05, 0.1) is 10.2 Å². The zero-order valence-electron chi connectivity index (χ0n) is 13.5.